The molecule has 0 heterocycles. The van der Waals surface area contributed by atoms with Crippen molar-refractivity contribution >= 4 is 18.5 Å². The molecule has 0 unspecified atom stereocenters. The van der Waals surface area contributed by atoms with Gasteiger partial charge in [0.1, 0.15) is 5.75 Å². The quantitative estimate of drug-likeness (QED) is 0.637. The highest BCUT2D eigenvalue weighted by molar-refractivity contribution is 7.81. The number of benzene rings is 1. The molecule has 54 valence electrons. The fourth-order valence-corrected chi connectivity index (χ4v) is 0.832. The van der Waals surface area contributed by atoms with Crippen molar-refractivity contribution in [2.24, 2.45) is 0 Å². The Balaban J connectivity index is 2.87. The monoisotopic (exact) mass is 155 g/mol. The van der Waals surface area contributed by atoms with Gasteiger partial charge < -0.3 is 9.46 Å². The molecule has 0 saturated heterocycles. The molecule has 0 amide bonds. The van der Waals surface area contributed by atoms with E-state index in [2.05, 4.69) is 17.5 Å². The van der Waals surface area contributed by atoms with Gasteiger partial charge in [0.15, 0.2) is 0 Å². The summed E-state index contributed by atoms with van der Waals surface area (Å²) in [6, 6.07) is 7.56. The molecule has 1 rings (SSSR count). The lowest BCUT2D eigenvalue weighted by atomic mass is 10.3. The van der Waals surface area contributed by atoms with Gasteiger partial charge in [0.05, 0.1) is 7.11 Å². The van der Waals surface area contributed by atoms with Gasteiger partial charge in [-0.2, -0.15) is 0 Å². The molecule has 0 atom stereocenters. The summed E-state index contributed by atoms with van der Waals surface area (Å²) >= 11 is 3.89. The predicted molar refractivity (Wildman–Crippen MR) is 45.6 cm³/mol. The van der Waals surface area contributed by atoms with Gasteiger partial charge in [0.2, 0.25) is 0 Å². The van der Waals surface area contributed by atoms with Crippen LogP contribution in [0.1, 0.15) is 0 Å². The first kappa shape index (κ1) is 7.28. The van der Waals surface area contributed by atoms with Crippen molar-refractivity contribution in [2.75, 3.05) is 11.8 Å². The van der Waals surface area contributed by atoms with E-state index >= 15 is 0 Å². The number of thiol groups is 1. The number of ether oxygens (including phenoxy) is 1. The maximum atomic E-state index is 4.98. The van der Waals surface area contributed by atoms with Gasteiger partial charge in [-0.25, -0.2) is 0 Å². The lowest BCUT2D eigenvalue weighted by Crippen LogP contribution is -1.84. The van der Waals surface area contributed by atoms with Crippen LogP contribution >= 0.6 is 12.8 Å². The normalized spacial score (nSPS) is 9.00. The summed E-state index contributed by atoms with van der Waals surface area (Å²) < 4.78 is 7.70. The number of anilines is 1. The molecule has 0 aromatic heterocycles. The standard InChI is InChI=1S/C7H9NOS/c1-9-7-4-2-3-6(5-7)8-10/h2-5,8,10H,1H3. The Morgan fingerprint density at radius 2 is 2.30 bits per heavy atom. The number of methoxy groups -OCH3 is 1. The van der Waals surface area contributed by atoms with Gasteiger partial charge >= 0.3 is 0 Å². The first-order valence-corrected chi connectivity index (χ1v) is 3.35. The molecule has 2 nitrogen and oxygen atoms in total. The van der Waals surface area contributed by atoms with Crippen molar-refractivity contribution < 1.29 is 4.74 Å². The van der Waals surface area contributed by atoms with Gasteiger partial charge in [-0.3, -0.25) is 0 Å². The molecule has 0 aliphatic rings. The van der Waals surface area contributed by atoms with E-state index < -0.39 is 0 Å². The van der Waals surface area contributed by atoms with E-state index in [4.69, 9.17) is 4.74 Å². The SMILES string of the molecule is COc1cccc(NS)c1. The minimum Gasteiger partial charge on any atom is -0.497 e. The molecule has 0 aliphatic heterocycles. The summed E-state index contributed by atoms with van der Waals surface area (Å²) in [6.45, 7) is 0. The number of hydrogen-bond donors (Lipinski definition) is 2. The maximum Gasteiger partial charge on any atom is 0.120 e. The van der Waals surface area contributed by atoms with Gasteiger partial charge in [-0.1, -0.05) is 18.9 Å². The smallest absolute Gasteiger partial charge is 0.120 e. The summed E-state index contributed by atoms with van der Waals surface area (Å²) in [5.41, 5.74) is 0.933. The lowest BCUT2D eigenvalue weighted by molar-refractivity contribution is 0.415. The van der Waals surface area contributed by atoms with E-state index in [0.29, 0.717) is 0 Å². The third kappa shape index (κ3) is 1.57. The molecule has 0 fully saturated rings. The van der Waals surface area contributed by atoms with Gasteiger partial charge in [0, 0.05) is 11.8 Å². The van der Waals surface area contributed by atoms with E-state index in [9.17, 15) is 0 Å². The van der Waals surface area contributed by atoms with E-state index in [0.717, 1.165) is 11.4 Å². The number of nitrogens with one attached hydrogen (secondary N) is 1. The molecule has 0 spiro atoms. The summed E-state index contributed by atoms with van der Waals surface area (Å²) in [5, 5.41) is 0. The Morgan fingerprint density at radius 3 is 2.90 bits per heavy atom. The van der Waals surface area contributed by atoms with Crippen LogP contribution in [0.15, 0.2) is 24.3 Å². The van der Waals surface area contributed by atoms with E-state index in [1.54, 1.807) is 7.11 Å². The fraction of sp³-hybridized carbons (Fsp3) is 0.143. The van der Waals surface area contributed by atoms with Crippen molar-refractivity contribution in [2.45, 2.75) is 0 Å². The number of rotatable bonds is 2. The van der Waals surface area contributed by atoms with Gasteiger partial charge in [0.25, 0.3) is 0 Å². The highest BCUT2D eigenvalue weighted by Gasteiger charge is 1.90. The van der Waals surface area contributed by atoms with E-state index in [1.807, 2.05) is 24.3 Å². The van der Waals surface area contributed by atoms with Crippen molar-refractivity contribution in [3.05, 3.63) is 24.3 Å². The molecule has 3 heteroatoms. The van der Waals surface area contributed by atoms with Crippen LogP contribution in [0.25, 0.3) is 0 Å². The zero-order chi connectivity index (χ0) is 7.40. The lowest BCUT2D eigenvalue weighted by Gasteiger charge is -2.01. The van der Waals surface area contributed by atoms with Crippen LogP contribution in [0.3, 0.4) is 0 Å². The second-order valence-electron chi connectivity index (χ2n) is 1.84. The summed E-state index contributed by atoms with van der Waals surface area (Å²) in [5.74, 6) is 0.832. The maximum absolute atomic E-state index is 4.98. The Hall–Kier alpha value is -0.830. The molecule has 1 N–H and O–H groups in total. The highest BCUT2D eigenvalue weighted by atomic mass is 32.1. The largest absolute Gasteiger partial charge is 0.497 e. The minimum atomic E-state index is 0.832. The van der Waals surface area contributed by atoms with E-state index in [-0.39, 0.29) is 0 Å². The fourth-order valence-electron chi connectivity index (χ4n) is 0.693. The molecular weight excluding hydrogens is 146 g/mol. The topological polar surface area (TPSA) is 21.3 Å². The van der Waals surface area contributed by atoms with Crippen LogP contribution in [0.4, 0.5) is 5.69 Å². The van der Waals surface area contributed by atoms with Crippen molar-refractivity contribution in [1.29, 1.82) is 0 Å². The second kappa shape index (κ2) is 3.37. The Labute approximate surface area is 65.8 Å². The molecular formula is C7H9NOS. The molecule has 0 radical (unpaired) electrons. The van der Waals surface area contributed by atoms with Gasteiger partial charge in [-0.05, 0) is 12.1 Å². The Kier molecular flexibility index (Phi) is 2.45. The third-order valence-corrected chi connectivity index (χ3v) is 1.46. The second-order valence-corrected chi connectivity index (χ2v) is 2.07. The molecule has 0 bridgehead atoms. The van der Waals surface area contributed by atoms with Crippen LogP contribution in [0.5, 0.6) is 5.75 Å². The third-order valence-electron chi connectivity index (χ3n) is 1.20. The van der Waals surface area contributed by atoms with Crippen LogP contribution in [-0.4, -0.2) is 7.11 Å². The van der Waals surface area contributed by atoms with Gasteiger partial charge in [-0.15, -0.1) is 0 Å². The molecule has 10 heavy (non-hydrogen) atoms. The van der Waals surface area contributed by atoms with Crippen LogP contribution in [0, 0.1) is 0 Å². The summed E-state index contributed by atoms with van der Waals surface area (Å²) in [6.07, 6.45) is 0. The zero-order valence-electron chi connectivity index (χ0n) is 5.66. The van der Waals surface area contributed by atoms with Crippen molar-refractivity contribution in [3.63, 3.8) is 0 Å². The summed E-state index contributed by atoms with van der Waals surface area (Å²) in [7, 11) is 1.64. The molecule has 1 aromatic rings. The van der Waals surface area contributed by atoms with Crippen LogP contribution in [-0.2, 0) is 0 Å². The zero-order valence-corrected chi connectivity index (χ0v) is 6.56. The van der Waals surface area contributed by atoms with E-state index in [1.165, 1.54) is 0 Å². The molecule has 0 saturated carbocycles. The summed E-state index contributed by atoms with van der Waals surface area (Å²) in [4.78, 5) is 0. The van der Waals surface area contributed by atoms with Crippen LogP contribution < -0.4 is 9.46 Å². The number of hydrogen-bond acceptors (Lipinski definition) is 3. The first-order valence-electron chi connectivity index (χ1n) is 2.91. The van der Waals surface area contributed by atoms with Crippen molar-refractivity contribution in [1.82, 2.24) is 0 Å². The minimum absolute atomic E-state index is 0.832. The highest BCUT2D eigenvalue weighted by Crippen LogP contribution is 2.16. The average Bonchev–Trinajstić information content (AvgIpc) is 2.05. The average molecular weight is 155 g/mol. The first-order chi connectivity index (χ1) is 4.86. The Morgan fingerprint density at radius 1 is 1.50 bits per heavy atom. The Bertz CT molecular complexity index is 195. The predicted octanol–water partition coefficient (Wildman–Crippen LogP) is 1.95. The molecule has 1 aromatic carbocycles. The van der Waals surface area contributed by atoms with Crippen molar-refractivity contribution in [3.8, 4) is 5.75 Å². The molecule has 0 aliphatic carbocycles. The van der Waals surface area contributed by atoms with Crippen LogP contribution in [0.2, 0.25) is 0 Å².